The van der Waals surface area contributed by atoms with Gasteiger partial charge in [0.2, 0.25) is 0 Å². The number of nitrogens with zero attached hydrogens (tertiary/aromatic N) is 3. The van der Waals surface area contributed by atoms with Crippen molar-refractivity contribution < 1.29 is 0 Å². The Morgan fingerprint density at radius 3 is 2.52 bits per heavy atom. The van der Waals surface area contributed by atoms with Crippen molar-refractivity contribution in [1.82, 2.24) is 14.5 Å². The van der Waals surface area contributed by atoms with Gasteiger partial charge in [0.25, 0.3) is 5.56 Å². The molecule has 1 heterocycles. The number of rotatable bonds is 4. The second kappa shape index (κ2) is 6.52. The van der Waals surface area contributed by atoms with E-state index in [2.05, 4.69) is 0 Å². The van der Waals surface area contributed by atoms with Gasteiger partial charge in [-0.15, -0.1) is 0 Å². The molecule has 0 atom stereocenters. The smallest absolute Gasteiger partial charge is 0.261 e. The minimum atomic E-state index is -0.0572. The monoisotopic (exact) mass is 327 g/mol. The highest BCUT2D eigenvalue weighted by molar-refractivity contribution is 6.35. The van der Waals surface area contributed by atoms with E-state index in [4.69, 9.17) is 16.6 Å². The maximum absolute atomic E-state index is 12.9. The Labute approximate surface area is 140 Å². The van der Waals surface area contributed by atoms with Crippen molar-refractivity contribution in [1.29, 1.82) is 0 Å². The molecule has 0 bridgehead atoms. The number of aromatic nitrogens is 2. The van der Waals surface area contributed by atoms with Crippen molar-refractivity contribution in [2.45, 2.75) is 6.54 Å². The maximum Gasteiger partial charge on any atom is 0.261 e. The van der Waals surface area contributed by atoms with Gasteiger partial charge in [0.05, 0.1) is 15.9 Å². The van der Waals surface area contributed by atoms with Crippen LogP contribution >= 0.6 is 11.6 Å². The number of fused-ring (bicyclic) bond motifs is 1. The zero-order valence-electron chi connectivity index (χ0n) is 13.2. The van der Waals surface area contributed by atoms with E-state index in [0.29, 0.717) is 28.3 Å². The third kappa shape index (κ3) is 3.14. The lowest BCUT2D eigenvalue weighted by Gasteiger charge is -2.16. The van der Waals surface area contributed by atoms with Crippen LogP contribution in [0.4, 0.5) is 0 Å². The molecule has 3 rings (SSSR count). The topological polar surface area (TPSA) is 38.1 Å². The molecule has 0 aliphatic carbocycles. The number of likely N-dealkylation sites (N-methyl/N-ethyl adjacent to an activating group) is 1. The van der Waals surface area contributed by atoms with E-state index in [1.54, 1.807) is 22.8 Å². The van der Waals surface area contributed by atoms with E-state index in [0.717, 1.165) is 12.1 Å². The van der Waals surface area contributed by atoms with Crippen LogP contribution in [0.25, 0.3) is 22.3 Å². The van der Waals surface area contributed by atoms with Crippen LogP contribution < -0.4 is 5.56 Å². The molecule has 23 heavy (non-hydrogen) atoms. The summed E-state index contributed by atoms with van der Waals surface area (Å²) >= 11 is 6.25. The summed E-state index contributed by atoms with van der Waals surface area (Å²) in [5.41, 5.74) is 1.41. The standard InChI is InChI=1S/C18H18ClN3O/c1-21(2)11-12-22-17(13-7-4-3-5-8-13)20-16-14(18(22)23)9-6-10-15(16)19/h3-10H,11-12H2,1-2H3. The predicted molar refractivity (Wildman–Crippen MR) is 95.0 cm³/mol. The van der Waals surface area contributed by atoms with E-state index >= 15 is 0 Å². The van der Waals surface area contributed by atoms with Gasteiger partial charge in [-0.05, 0) is 26.2 Å². The predicted octanol–water partition coefficient (Wildman–Crippen LogP) is 3.28. The largest absolute Gasteiger partial charge is 0.308 e. The minimum absolute atomic E-state index is 0.0572. The molecule has 0 spiro atoms. The first-order valence-electron chi connectivity index (χ1n) is 7.47. The van der Waals surface area contributed by atoms with Crippen LogP contribution in [0.15, 0.2) is 53.3 Å². The highest BCUT2D eigenvalue weighted by atomic mass is 35.5. The van der Waals surface area contributed by atoms with E-state index in [1.807, 2.05) is 49.3 Å². The SMILES string of the molecule is CN(C)CCn1c(-c2ccccc2)nc2c(Cl)cccc2c1=O. The molecular weight excluding hydrogens is 310 g/mol. The van der Waals surface area contributed by atoms with Crippen LogP contribution in [0.1, 0.15) is 0 Å². The Morgan fingerprint density at radius 2 is 1.83 bits per heavy atom. The Hall–Kier alpha value is -2.17. The van der Waals surface area contributed by atoms with Crippen LogP contribution in [0.3, 0.4) is 0 Å². The Bertz CT molecular complexity index is 888. The van der Waals surface area contributed by atoms with E-state index in [9.17, 15) is 4.79 Å². The molecule has 118 valence electrons. The van der Waals surface area contributed by atoms with Gasteiger partial charge in [-0.3, -0.25) is 9.36 Å². The van der Waals surface area contributed by atoms with Gasteiger partial charge in [0, 0.05) is 18.7 Å². The van der Waals surface area contributed by atoms with Crippen LogP contribution in [-0.2, 0) is 6.54 Å². The van der Waals surface area contributed by atoms with Crippen LogP contribution in [0.2, 0.25) is 5.02 Å². The first kappa shape index (κ1) is 15.7. The molecule has 0 aliphatic rings. The molecule has 5 heteroatoms. The van der Waals surface area contributed by atoms with Crippen molar-refractivity contribution in [3.8, 4) is 11.4 Å². The van der Waals surface area contributed by atoms with E-state index < -0.39 is 0 Å². The van der Waals surface area contributed by atoms with Gasteiger partial charge in [-0.1, -0.05) is 48.0 Å². The van der Waals surface area contributed by atoms with Gasteiger partial charge in [-0.2, -0.15) is 0 Å². The average molecular weight is 328 g/mol. The Kier molecular flexibility index (Phi) is 4.46. The van der Waals surface area contributed by atoms with Crippen LogP contribution in [0.5, 0.6) is 0 Å². The number of benzene rings is 2. The summed E-state index contributed by atoms with van der Waals surface area (Å²) in [4.78, 5) is 19.7. The highest BCUT2D eigenvalue weighted by Gasteiger charge is 2.14. The van der Waals surface area contributed by atoms with Gasteiger partial charge < -0.3 is 4.90 Å². The van der Waals surface area contributed by atoms with Gasteiger partial charge in [0.15, 0.2) is 0 Å². The molecule has 1 aromatic heterocycles. The summed E-state index contributed by atoms with van der Waals surface area (Å²) in [6, 6.07) is 15.1. The van der Waals surface area contributed by atoms with E-state index in [-0.39, 0.29) is 5.56 Å². The lowest BCUT2D eigenvalue weighted by Crippen LogP contribution is -2.28. The molecule has 0 unspecified atom stereocenters. The third-order valence-electron chi connectivity index (χ3n) is 3.74. The zero-order valence-corrected chi connectivity index (χ0v) is 13.9. The molecule has 3 aromatic rings. The van der Waals surface area contributed by atoms with Gasteiger partial charge >= 0.3 is 0 Å². The van der Waals surface area contributed by atoms with Crippen molar-refractivity contribution in [2.24, 2.45) is 0 Å². The number of halogens is 1. The summed E-state index contributed by atoms with van der Waals surface area (Å²) in [6.07, 6.45) is 0. The zero-order chi connectivity index (χ0) is 16.4. The molecule has 0 amide bonds. The summed E-state index contributed by atoms with van der Waals surface area (Å²) < 4.78 is 1.73. The van der Waals surface area contributed by atoms with Crippen molar-refractivity contribution in [3.05, 3.63) is 63.9 Å². The molecule has 0 fully saturated rings. The summed E-state index contributed by atoms with van der Waals surface area (Å²) in [7, 11) is 3.97. The van der Waals surface area contributed by atoms with Crippen molar-refractivity contribution in [3.63, 3.8) is 0 Å². The molecule has 0 aliphatic heterocycles. The molecule has 0 saturated carbocycles. The first-order valence-corrected chi connectivity index (χ1v) is 7.85. The molecule has 0 radical (unpaired) electrons. The fraction of sp³-hybridized carbons (Fsp3) is 0.222. The second-order valence-corrected chi connectivity index (χ2v) is 6.10. The summed E-state index contributed by atoms with van der Waals surface area (Å²) in [5.74, 6) is 0.651. The molecule has 0 saturated heterocycles. The Balaban J connectivity index is 2.28. The number of hydrogen-bond acceptors (Lipinski definition) is 3. The summed E-state index contributed by atoms with van der Waals surface area (Å²) in [5, 5.41) is 1.05. The van der Waals surface area contributed by atoms with Crippen molar-refractivity contribution >= 4 is 22.5 Å². The lowest BCUT2D eigenvalue weighted by atomic mass is 10.1. The molecular formula is C18H18ClN3O. The van der Waals surface area contributed by atoms with Crippen LogP contribution in [0, 0.1) is 0 Å². The molecule has 0 N–H and O–H groups in total. The number of hydrogen-bond donors (Lipinski definition) is 0. The van der Waals surface area contributed by atoms with Crippen LogP contribution in [-0.4, -0.2) is 35.1 Å². The van der Waals surface area contributed by atoms with Gasteiger partial charge in [0.1, 0.15) is 5.82 Å². The summed E-state index contributed by atoms with van der Waals surface area (Å²) in [6.45, 7) is 1.33. The highest BCUT2D eigenvalue weighted by Crippen LogP contribution is 2.23. The fourth-order valence-electron chi connectivity index (χ4n) is 2.52. The number of para-hydroxylation sites is 1. The fourth-order valence-corrected chi connectivity index (χ4v) is 2.74. The lowest BCUT2D eigenvalue weighted by molar-refractivity contribution is 0.381. The van der Waals surface area contributed by atoms with E-state index in [1.165, 1.54) is 0 Å². The first-order chi connectivity index (χ1) is 11.1. The quantitative estimate of drug-likeness (QED) is 0.738. The minimum Gasteiger partial charge on any atom is -0.308 e. The average Bonchev–Trinajstić information content (AvgIpc) is 2.55. The maximum atomic E-state index is 12.9. The third-order valence-corrected chi connectivity index (χ3v) is 4.04. The van der Waals surface area contributed by atoms with Gasteiger partial charge in [-0.25, -0.2) is 4.98 Å². The normalized spacial score (nSPS) is 11.3. The van der Waals surface area contributed by atoms with Crippen molar-refractivity contribution in [2.75, 3.05) is 20.6 Å². The molecule has 4 nitrogen and oxygen atoms in total. The molecule has 2 aromatic carbocycles. The Morgan fingerprint density at radius 1 is 1.09 bits per heavy atom. The second-order valence-electron chi connectivity index (χ2n) is 5.70.